The summed E-state index contributed by atoms with van der Waals surface area (Å²) in [5, 5.41) is 2.82. The topological polar surface area (TPSA) is 38.3 Å². The first-order valence-electron chi connectivity index (χ1n) is 5.13. The first-order valence-corrected chi connectivity index (χ1v) is 5.13. The van der Waals surface area contributed by atoms with Crippen molar-refractivity contribution in [2.24, 2.45) is 0 Å². The Morgan fingerprint density at radius 3 is 2.53 bits per heavy atom. The molecule has 15 heavy (non-hydrogen) atoms. The molecule has 1 aliphatic heterocycles. The van der Waals surface area contributed by atoms with Crippen molar-refractivity contribution in [3.63, 3.8) is 0 Å². The molecule has 0 aromatic heterocycles. The molecule has 1 aromatic rings. The van der Waals surface area contributed by atoms with Crippen LogP contribution in [-0.4, -0.2) is 19.1 Å². The Balaban J connectivity index is 2.26. The zero-order valence-electron chi connectivity index (χ0n) is 9.04. The van der Waals surface area contributed by atoms with Crippen molar-refractivity contribution in [1.82, 2.24) is 5.32 Å². The summed E-state index contributed by atoms with van der Waals surface area (Å²) in [5.41, 5.74) is 3.64. The number of carbonyl (C=O) groups is 1. The smallest absolute Gasteiger partial charge is 0.246 e. The SMILES string of the molecule is Cc1cccc(C)c1C1CNC(=O)CO1. The minimum Gasteiger partial charge on any atom is -0.362 e. The van der Waals surface area contributed by atoms with Crippen LogP contribution >= 0.6 is 0 Å². The molecule has 0 bridgehead atoms. The van der Waals surface area contributed by atoms with Crippen LogP contribution < -0.4 is 5.32 Å². The van der Waals surface area contributed by atoms with Crippen LogP contribution in [0.2, 0.25) is 0 Å². The summed E-state index contributed by atoms with van der Waals surface area (Å²) in [5.74, 6) is -0.0301. The largest absolute Gasteiger partial charge is 0.362 e. The van der Waals surface area contributed by atoms with Crippen LogP contribution in [0, 0.1) is 13.8 Å². The molecule has 1 saturated heterocycles. The lowest BCUT2D eigenvalue weighted by molar-refractivity contribution is -0.133. The first kappa shape index (κ1) is 10.2. The Kier molecular flexibility index (Phi) is 2.73. The number of carbonyl (C=O) groups excluding carboxylic acids is 1. The van der Waals surface area contributed by atoms with Gasteiger partial charge in [0.15, 0.2) is 0 Å². The Bertz CT molecular complexity index is 357. The van der Waals surface area contributed by atoms with Gasteiger partial charge in [0, 0.05) is 6.54 Å². The van der Waals surface area contributed by atoms with Gasteiger partial charge < -0.3 is 10.1 Å². The monoisotopic (exact) mass is 205 g/mol. The van der Waals surface area contributed by atoms with Crippen molar-refractivity contribution in [3.8, 4) is 0 Å². The fourth-order valence-electron chi connectivity index (χ4n) is 2.01. The van der Waals surface area contributed by atoms with Gasteiger partial charge in [0.2, 0.25) is 5.91 Å². The van der Waals surface area contributed by atoms with E-state index in [1.165, 1.54) is 16.7 Å². The molecule has 1 heterocycles. The summed E-state index contributed by atoms with van der Waals surface area (Å²) in [6.07, 6.45) is 0.00361. The molecule has 1 atom stereocenters. The molecular weight excluding hydrogens is 190 g/mol. The van der Waals surface area contributed by atoms with Crippen molar-refractivity contribution >= 4 is 5.91 Å². The van der Waals surface area contributed by atoms with Crippen molar-refractivity contribution in [3.05, 3.63) is 34.9 Å². The number of aryl methyl sites for hydroxylation is 2. The molecule has 3 heteroatoms. The normalized spacial score (nSPS) is 21.2. The lowest BCUT2D eigenvalue weighted by Crippen LogP contribution is -2.39. The van der Waals surface area contributed by atoms with E-state index in [1.807, 2.05) is 6.07 Å². The van der Waals surface area contributed by atoms with Crippen molar-refractivity contribution in [2.75, 3.05) is 13.2 Å². The lowest BCUT2D eigenvalue weighted by atomic mass is 9.97. The number of rotatable bonds is 1. The molecule has 0 spiro atoms. The summed E-state index contributed by atoms with van der Waals surface area (Å²) in [6.45, 7) is 4.88. The third-order valence-corrected chi connectivity index (χ3v) is 2.76. The number of amides is 1. The second-order valence-electron chi connectivity index (χ2n) is 3.91. The number of hydrogen-bond acceptors (Lipinski definition) is 2. The van der Waals surface area contributed by atoms with E-state index in [1.54, 1.807) is 0 Å². The minimum atomic E-state index is -0.0301. The molecule has 80 valence electrons. The van der Waals surface area contributed by atoms with E-state index < -0.39 is 0 Å². The van der Waals surface area contributed by atoms with E-state index >= 15 is 0 Å². The predicted octanol–water partition coefficient (Wildman–Crippen LogP) is 1.49. The van der Waals surface area contributed by atoms with E-state index in [-0.39, 0.29) is 18.6 Å². The van der Waals surface area contributed by atoms with Gasteiger partial charge in [-0.25, -0.2) is 0 Å². The highest BCUT2D eigenvalue weighted by atomic mass is 16.5. The molecular formula is C12H15NO2. The maximum Gasteiger partial charge on any atom is 0.246 e. The van der Waals surface area contributed by atoms with E-state index in [4.69, 9.17) is 4.74 Å². The number of morpholine rings is 1. The van der Waals surface area contributed by atoms with Gasteiger partial charge in [-0.3, -0.25) is 4.79 Å². The molecule has 1 fully saturated rings. The molecule has 2 rings (SSSR count). The van der Waals surface area contributed by atoms with E-state index in [2.05, 4.69) is 31.3 Å². The summed E-state index contributed by atoms with van der Waals surface area (Å²) >= 11 is 0. The van der Waals surface area contributed by atoms with E-state index in [0.717, 1.165) is 0 Å². The van der Waals surface area contributed by atoms with Crippen molar-refractivity contribution in [2.45, 2.75) is 20.0 Å². The quantitative estimate of drug-likeness (QED) is 0.754. The van der Waals surface area contributed by atoms with Crippen molar-refractivity contribution < 1.29 is 9.53 Å². The molecule has 1 aliphatic rings. The van der Waals surface area contributed by atoms with E-state index in [0.29, 0.717) is 6.54 Å². The summed E-state index contributed by atoms with van der Waals surface area (Å²) in [4.78, 5) is 11.0. The van der Waals surface area contributed by atoms with Crippen LogP contribution in [0.1, 0.15) is 22.8 Å². The van der Waals surface area contributed by atoms with Crippen LogP contribution in [0.15, 0.2) is 18.2 Å². The molecule has 0 radical (unpaired) electrons. The van der Waals surface area contributed by atoms with Gasteiger partial charge >= 0.3 is 0 Å². The maximum absolute atomic E-state index is 11.0. The number of hydrogen-bond donors (Lipinski definition) is 1. The minimum absolute atomic E-state index is 0.00361. The Hall–Kier alpha value is -1.35. The molecule has 1 aromatic carbocycles. The van der Waals surface area contributed by atoms with Crippen molar-refractivity contribution in [1.29, 1.82) is 0 Å². The van der Waals surface area contributed by atoms with Gasteiger partial charge in [0.05, 0.1) is 0 Å². The Labute approximate surface area is 89.4 Å². The second-order valence-corrected chi connectivity index (χ2v) is 3.91. The van der Waals surface area contributed by atoms with Crippen LogP contribution in [0.3, 0.4) is 0 Å². The fourth-order valence-corrected chi connectivity index (χ4v) is 2.01. The van der Waals surface area contributed by atoms with Crippen LogP contribution in [0.4, 0.5) is 0 Å². The van der Waals surface area contributed by atoms with Gasteiger partial charge in [-0.05, 0) is 30.5 Å². The highest BCUT2D eigenvalue weighted by Gasteiger charge is 2.22. The molecule has 0 saturated carbocycles. The zero-order valence-corrected chi connectivity index (χ0v) is 9.04. The highest BCUT2D eigenvalue weighted by Crippen LogP contribution is 2.25. The number of nitrogens with one attached hydrogen (secondary N) is 1. The van der Waals surface area contributed by atoms with Crippen LogP contribution in [0.25, 0.3) is 0 Å². The zero-order chi connectivity index (χ0) is 10.8. The third-order valence-electron chi connectivity index (χ3n) is 2.76. The van der Waals surface area contributed by atoms with Gasteiger partial charge in [-0.2, -0.15) is 0 Å². The van der Waals surface area contributed by atoms with E-state index in [9.17, 15) is 4.79 Å². The van der Waals surface area contributed by atoms with Gasteiger partial charge in [-0.15, -0.1) is 0 Å². The third kappa shape index (κ3) is 2.02. The molecule has 3 nitrogen and oxygen atoms in total. The molecule has 1 unspecified atom stereocenters. The second kappa shape index (κ2) is 4.03. The standard InChI is InChI=1S/C12H15NO2/c1-8-4-3-5-9(2)12(8)10-6-13-11(14)7-15-10/h3-5,10H,6-7H2,1-2H3,(H,13,14). The highest BCUT2D eigenvalue weighted by molar-refractivity contribution is 5.77. The summed E-state index contributed by atoms with van der Waals surface area (Å²) in [7, 11) is 0. The molecule has 1 amide bonds. The molecule has 1 N–H and O–H groups in total. The average Bonchev–Trinajstić information content (AvgIpc) is 2.20. The van der Waals surface area contributed by atoms with Gasteiger partial charge in [0.1, 0.15) is 12.7 Å². The summed E-state index contributed by atoms with van der Waals surface area (Å²) in [6, 6.07) is 6.18. The molecule has 0 aliphatic carbocycles. The Morgan fingerprint density at radius 2 is 2.00 bits per heavy atom. The number of ether oxygens (including phenoxy) is 1. The Morgan fingerprint density at radius 1 is 1.33 bits per heavy atom. The number of benzene rings is 1. The van der Waals surface area contributed by atoms with Gasteiger partial charge in [-0.1, -0.05) is 18.2 Å². The van der Waals surface area contributed by atoms with Crippen LogP contribution in [-0.2, 0) is 9.53 Å². The first-order chi connectivity index (χ1) is 7.18. The predicted molar refractivity (Wildman–Crippen MR) is 57.6 cm³/mol. The average molecular weight is 205 g/mol. The van der Waals surface area contributed by atoms with Gasteiger partial charge in [0.25, 0.3) is 0 Å². The fraction of sp³-hybridized carbons (Fsp3) is 0.417. The van der Waals surface area contributed by atoms with Crippen LogP contribution in [0.5, 0.6) is 0 Å². The maximum atomic E-state index is 11.0. The summed E-state index contributed by atoms with van der Waals surface area (Å²) < 4.78 is 5.53. The lowest BCUT2D eigenvalue weighted by Gasteiger charge is -2.26.